The van der Waals surface area contributed by atoms with E-state index < -0.39 is 0 Å². The molecule has 2 N–H and O–H groups in total. The van der Waals surface area contributed by atoms with Gasteiger partial charge in [0.05, 0.1) is 5.69 Å². The van der Waals surface area contributed by atoms with Gasteiger partial charge in [-0.3, -0.25) is 0 Å². The Morgan fingerprint density at radius 3 is 2.28 bits per heavy atom. The largest absolute Gasteiger partial charge is 0.384 e. The molecule has 18 heavy (non-hydrogen) atoms. The molecule has 0 spiro atoms. The van der Waals surface area contributed by atoms with Crippen LogP contribution >= 0.6 is 0 Å². The molecule has 0 aliphatic heterocycles. The van der Waals surface area contributed by atoms with Gasteiger partial charge in [-0.1, -0.05) is 25.7 Å². The summed E-state index contributed by atoms with van der Waals surface area (Å²) < 4.78 is 2.26. The van der Waals surface area contributed by atoms with Gasteiger partial charge >= 0.3 is 0 Å². The molecule has 1 aromatic heterocycles. The fourth-order valence-electron chi connectivity index (χ4n) is 3.34. The second-order valence-electron chi connectivity index (χ2n) is 5.95. The lowest BCUT2D eigenvalue weighted by Crippen LogP contribution is -2.06. The maximum Gasteiger partial charge on any atom is 0.127 e. The van der Waals surface area contributed by atoms with Crippen molar-refractivity contribution in [2.24, 2.45) is 0 Å². The number of hydrogen-bond donors (Lipinski definition) is 1. The zero-order valence-corrected chi connectivity index (χ0v) is 11.5. The predicted molar refractivity (Wildman–Crippen MR) is 74.7 cm³/mol. The molecule has 2 aliphatic rings. The van der Waals surface area contributed by atoms with Crippen LogP contribution in [0.2, 0.25) is 0 Å². The molecule has 0 amide bonds. The first-order valence-electron chi connectivity index (χ1n) is 7.67. The van der Waals surface area contributed by atoms with Crippen LogP contribution in [-0.2, 0) is 6.54 Å². The topological polar surface area (TPSA) is 43.8 Å². The van der Waals surface area contributed by atoms with Crippen molar-refractivity contribution in [1.82, 2.24) is 9.55 Å². The van der Waals surface area contributed by atoms with Gasteiger partial charge in [0, 0.05) is 18.4 Å². The minimum absolute atomic E-state index is 0.623. The van der Waals surface area contributed by atoms with Gasteiger partial charge in [0.1, 0.15) is 11.6 Å². The third-order valence-electron chi connectivity index (χ3n) is 4.57. The Hall–Kier alpha value is -0.990. The Morgan fingerprint density at radius 2 is 1.72 bits per heavy atom. The Labute approximate surface area is 110 Å². The highest BCUT2D eigenvalue weighted by Gasteiger charge is 2.32. The Kier molecular flexibility index (Phi) is 3.31. The molecule has 100 valence electrons. The fourth-order valence-corrected chi connectivity index (χ4v) is 3.34. The highest BCUT2D eigenvalue weighted by atomic mass is 15.1. The summed E-state index contributed by atoms with van der Waals surface area (Å²) >= 11 is 0. The zero-order chi connectivity index (χ0) is 12.5. The molecule has 0 aromatic carbocycles. The fraction of sp³-hybridized carbons (Fsp3) is 0.800. The first-order chi connectivity index (χ1) is 8.81. The minimum atomic E-state index is 0.623. The van der Waals surface area contributed by atoms with Gasteiger partial charge in [0.2, 0.25) is 0 Å². The molecule has 0 saturated heterocycles. The standard InChI is InChI=1S/C15H25N3/c1-2-18-14(16)13(17-15(18)12-9-10-12)11-7-5-3-4-6-8-11/h11-12H,2-10,16H2,1H3. The Morgan fingerprint density at radius 1 is 1.06 bits per heavy atom. The normalized spacial score (nSPS) is 22.1. The molecule has 0 atom stereocenters. The van der Waals surface area contributed by atoms with Crippen LogP contribution in [0.4, 0.5) is 5.82 Å². The van der Waals surface area contributed by atoms with Crippen LogP contribution in [-0.4, -0.2) is 9.55 Å². The number of hydrogen-bond acceptors (Lipinski definition) is 2. The number of rotatable bonds is 3. The maximum absolute atomic E-state index is 6.36. The lowest BCUT2D eigenvalue weighted by molar-refractivity contribution is 0.580. The highest BCUT2D eigenvalue weighted by Crippen LogP contribution is 2.43. The van der Waals surface area contributed by atoms with Crippen molar-refractivity contribution in [3.05, 3.63) is 11.5 Å². The number of nitrogens with two attached hydrogens (primary N) is 1. The quantitative estimate of drug-likeness (QED) is 0.826. The summed E-state index contributed by atoms with van der Waals surface area (Å²) in [5.41, 5.74) is 7.59. The molecule has 2 saturated carbocycles. The molecule has 3 nitrogen and oxygen atoms in total. The molecule has 3 rings (SSSR count). The summed E-state index contributed by atoms with van der Waals surface area (Å²) in [6.07, 6.45) is 10.7. The van der Waals surface area contributed by atoms with Crippen LogP contribution in [0, 0.1) is 0 Å². The van der Waals surface area contributed by atoms with Crippen LogP contribution in [0.25, 0.3) is 0 Å². The molecule has 0 radical (unpaired) electrons. The van der Waals surface area contributed by atoms with Gasteiger partial charge in [-0.15, -0.1) is 0 Å². The van der Waals surface area contributed by atoms with Crippen LogP contribution in [0.15, 0.2) is 0 Å². The average Bonchev–Trinajstić information content (AvgIpc) is 3.18. The van der Waals surface area contributed by atoms with Gasteiger partial charge in [-0.05, 0) is 32.6 Å². The molecule has 0 bridgehead atoms. The van der Waals surface area contributed by atoms with E-state index >= 15 is 0 Å². The van der Waals surface area contributed by atoms with Crippen molar-refractivity contribution in [2.45, 2.75) is 76.7 Å². The maximum atomic E-state index is 6.36. The van der Waals surface area contributed by atoms with E-state index in [1.807, 2.05) is 0 Å². The van der Waals surface area contributed by atoms with E-state index in [0.717, 1.165) is 12.4 Å². The smallest absolute Gasteiger partial charge is 0.127 e. The lowest BCUT2D eigenvalue weighted by Gasteiger charge is -2.12. The predicted octanol–water partition coefficient (Wildman–Crippen LogP) is 3.80. The van der Waals surface area contributed by atoms with E-state index in [0.29, 0.717) is 11.8 Å². The second kappa shape index (κ2) is 4.94. The highest BCUT2D eigenvalue weighted by molar-refractivity contribution is 5.42. The van der Waals surface area contributed by atoms with Crippen LogP contribution in [0.3, 0.4) is 0 Å². The van der Waals surface area contributed by atoms with Crippen molar-refractivity contribution in [1.29, 1.82) is 0 Å². The molecule has 2 fully saturated rings. The van der Waals surface area contributed by atoms with Gasteiger partial charge in [0.25, 0.3) is 0 Å². The lowest BCUT2D eigenvalue weighted by atomic mass is 9.96. The van der Waals surface area contributed by atoms with E-state index in [1.165, 1.54) is 62.9 Å². The summed E-state index contributed by atoms with van der Waals surface area (Å²) in [7, 11) is 0. The zero-order valence-electron chi connectivity index (χ0n) is 11.5. The first kappa shape index (κ1) is 12.1. The Bertz CT molecular complexity index is 410. The van der Waals surface area contributed by atoms with Crippen molar-refractivity contribution in [2.75, 3.05) is 5.73 Å². The van der Waals surface area contributed by atoms with Crippen molar-refractivity contribution < 1.29 is 0 Å². The summed E-state index contributed by atoms with van der Waals surface area (Å²) in [4.78, 5) is 4.95. The number of imidazole rings is 1. The van der Waals surface area contributed by atoms with Gasteiger partial charge in [0.15, 0.2) is 0 Å². The Balaban J connectivity index is 1.90. The number of anilines is 1. The van der Waals surface area contributed by atoms with Gasteiger partial charge in [-0.25, -0.2) is 4.98 Å². The van der Waals surface area contributed by atoms with Gasteiger partial charge in [-0.2, -0.15) is 0 Å². The van der Waals surface area contributed by atoms with Crippen LogP contribution < -0.4 is 5.73 Å². The number of nitrogen functional groups attached to an aromatic ring is 1. The minimum Gasteiger partial charge on any atom is -0.384 e. The summed E-state index contributed by atoms with van der Waals surface area (Å²) in [5.74, 6) is 3.56. The number of aromatic nitrogens is 2. The van der Waals surface area contributed by atoms with Crippen molar-refractivity contribution in [3.8, 4) is 0 Å². The molecule has 1 aromatic rings. The van der Waals surface area contributed by atoms with E-state index in [2.05, 4.69) is 11.5 Å². The molecular formula is C15H25N3. The third kappa shape index (κ3) is 2.15. The first-order valence-corrected chi connectivity index (χ1v) is 7.67. The summed E-state index contributed by atoms with van der Waals surface area (Å²) in [6.45, 7) is 3.15. The van der Waals surface area contributed by atoms with E-state index in [-0.39, 0.29) is 0 Å². The van der Waals surface area contributed by atoms with E-state index in [9.17, 15) is 0 Å². The summed E-state index contributed by atoms with van der Waals surface area (Å²) in [5, 5.41) is 0. The summed E-state index contributed by atoms with van der Waals surface area (Å²) in [6, 6.07) is 0. The van der Waals surface area contributed by atoms with E-state index in [4.69, 9.17) is 10.7 Å². The SMILES string of the molecule is CCn1c(C2CC2)nc(C2CCCCCC2)c1N. The second-order valence-corrected chi connectivity index (χ2v) is 5.95. The monoisotopic (exact) mass is 247 g/mol. The molecule has 3 heteroatoms. The molecule has 0 unspecified atom stereocenters. The molecule has 1 heterocycles. The molecule has 2 aliphatic carbocycles. The van der Waals surface area contributed by atoms with Crippen LogP contribution in [0.5, 0.6) is 0 Å². The van der Waals surface area contributed by atoms with E-state index in [1.54, 1.807) is 0 Å². The average molecular weight is 247 g/mol. The van der Waals surface area contributed by atoms with Crippen molar-refractivity contribution in [3.63, 3.8) is 0 Å². The molecular weight excluding hydrogens is 222 g/mol. The third-order valence-corrected chi connectivity index (χ3v) is 4.57. The number of nitrogens with zero attached hydrogens (tertiary/aromatic N) is 2. The van der Waals surface area contributed by atoms with Crippen LogP contribution in [0.1, 0.15) is 81.6 Å². The van der Waals surface area contributed by atoms with Gasteiger partial charge < -0.3 is 10.3 Å². The van der Waals surface area contributed by atoms with Crippen molar-refractivity contribution >= 4 is 5.82 Å².